The van der Waals surface area contributed by atoms with Crippen LogP contribution in [0.1, 0.15) is 58.4 Å². The van der Waals surface area contributed by atoms with E-state index >= 15 is 0 Å². The van der Waals surface area contributed by atoms with Crippen molar-refractivity contribution >= 4 is 28.9 Å². The van der Waals surface area contributed by atoms with Crippen LogP contribution in [0.25, 0.3) is 5.69 Å². The Hall–Kier alpha value is -3.13. The molecule has 1 aliphatic rings. The number of aromatic nitrogens is 2. The molecule has 8 heteroatoms. The molecular weight excluding hydrogens is 438 g/mol. The van der Waals surface area contributed by atoms with Crippen LogP contribution in [0.3, 0.4) is 0 Å². The van der Waals surface area contributed by atoms with Crippen molar-refractivity contribution in [3.05, 3.63) is 67.8 Å². The zero-order valence-electron chi connectivity index (χ0n) is 19.2. The average molecular weight is 468 g/mol. The van der Waals surface area contributed by atoms with E-state index in [1.54, 1.807) is 18.7 Å². The van der Waals surface area contributed by atoms with Crippen LogP contribution < -0.4 is 10.9 Å². The van der Waals surface area contributed by atoms with E-state index in [1.165, 1.54) is 46.2 Å². The number of benzene rings is 1. The summed E-state index contributed by atoms with van der Waals surface area (Å²) in [6.45, 7) is 3.28. The van der Waals surface area contributed by atoms with E-state index in [0.29, 0.717) is 16.3 Å². The number of nitrogens with zero attached hydrogens (tertiary/aromatic N) is 2. The van der Waals surface area contributed by atoms with Gasteiger partial charge in [-0.05, 0) is 63.3 Å². The number of hydrogen-bond donors (Lipinski definition) is 1. The van der Waals surface area contributed by atoms with Crippen LogP contribution in [0.5, 0.6) is 0 Å². The summed E-state index contributed by atoms with van der Waals surface area (Å²) in [6.07, 6.45) is 5.65. The highest BCUT2D eigenvalue weighted by Gasteiger charge is 2.25. The Balaban J connectivity index is 1.47. The molecule has 1 amide bonds. The number of carbonyl (C=O) groups is 2. The van der Waals surface area contributed by atoms with Gasteiger partial charge in [0.1, 0.15) is 10.6 Å². The van der Waals surface area contributed by atoms with E-state index in [4.69, 9.17) is 4.74 Å². The zero-order valence-corrected chi connectivity index (χ0v) is 20.0. The molecule has 3 aromatic rings. The molecule has 7 nitrogen and oxygen atoms in total. The molecule has 0 saturated carbocycles. The number of amides is 1. The van der Waals surface area contributed by atoms with Crippen molar-refractivity contribution in [3.8, 4) is 5.69 Å². The first kappa shape index (κ1) is 23.0. The highest BCUT2D eigenvalue weighted by Crippen LogP contribution is 2.29. The van der Waals surface area contributed by atoms with Crippen molar-refractivity contribution in [3.63, 3.8) is 0 Å². The maximum absolute atomic E-state index is 13.0. The number of nitrogens with one attached hydrogen (secondary N) is 1. The lowest BCUT2D eigenvalue weighted by Gasteiger charge is -2.12. The second-order valence-electron chi connectivity index (χ2n) is 8.45. The van der Waals surface area contributed by atoms with Crippen molar-refractivity contribution in [2.24, 2.45) is 7.05 Å². The van der Waals surface area contributed by atoms with Crippen LogP contribution in [0, 0.1) is 6.92 Å². The van der Waals surface area contributed by atoms with Gasteiger partial charge in [0.05, 0.1) is 11.4 Å². The van der Waals surface area contributed by atoms with Gasteiger partial charge >= 0.3 is 5.97 Å². The van der Waals surface area contributed by atoms with Crippen LogP contribution >= 0.6 is 11.3 Å². The molecule has 4 rings (SSSR count). The lowest BCUT2D eigenvalue weighted by atomic mass is 10.00. The summed E-state index contributed by atoms with van der Waals surface area (Å²) in [5, 5.41) is 2.66. The Morgan fingerprint density at radius 3 is 2.52 bits per heavy atom. The number of hydrogen-bond acceptors (Lipinski definition) is 5. The highest BCUT2D eigenvalue weighted by molar-refractivity contribution is 7.14. The summed E-state index contributed by atoms with van der Waals surface area (Å²) in [6, 6.07) is 11.1. The van der Waals surface area contributed by atoms with Crippen molar-refractivity contribution in [2.45, 2.75) is 58.5 Å². The van der Waals surface area contributed by atoms with Crippen LogP contribution in [-0.4, -0.2) is 27.3 Å². The van der Waals surface area contributed by atoms with Gasteiger partial charge in [-0.15, -0.1) is 11.3 Å². The van der Waals surface area contributed by atoms with Gasteiger partial charge in [-0.3, -0.25) is 14.3 Å². The third-order valence-corrected chi connectivity index (χ3v) is 7.37. The largest absolute Gasteiger partial charge is 0.448 e. The molecule has 1 N–H and O–H groups in total. The third kappa shape index (κ3) is 4.80. The minimum atomic E-state index is -1.04. The number of aryl methyl sites for hydroxylation is 2. The summed E-state index contributed by atoms with van der Waals surface area (Å²) in [5.74, 6) is -1.04. The fourth-order valence-electron chi connectivity index (χ4n) is 4.15. The molecule has 0 radical (unpaired) electrons. The van der Waals surface area contributed by atoms with E-state index in [0.717, 1.165) is 25.7 Å². The summed E-state index contributed by atoms with van der Waals surface area (Å²) in [7, 11) is 1.76. The van der Waals surface area contributed by atoms with E-state index < -0.39 is 18.0 Å². The van der Waals surface area contributed by atoms with Crippen LogP contribution in [0.2, 0.25) is 0 Å². The molecule has 0 saturated heterocycles. The number of para-hydroxylation sites is 1. The molecule has 0 spiro atoms. The highest BCUT2D eigenvalue weighted by atomic mass is 32.1. The predicted molar refractivity (Wildman–Crippen MR) is 129 cm³/mol. The van der Waals surface area contributed by atoms with Crippen molar-refractivity contribution in [1.29, 1.82) is 0 Å². The van der Waals surface area contributed by atoms with Crippen LogP contribution in [0.4, 0.5) is 5.69 Å². The summed E-state index contributed by atoms with van der Waals surface area (Å²) >= 11 is 1.47. The van der Waals surface area contributed by atoms with Crippen molar-refractivity contribution in [2.75, 3.05) is 5.32 Å². The number of thiophene rings is 1. The van der Waals surface area contributed by atoms with E-state index in [9.17, 15) is 14.4 Å². The molecule has 1 unspecified atom stereocenters. The molecule has 2 aromatic heterocycles. The zero-order chi connectivity index (χ0) is 23.5. The van der Waals surface area contributed by atoms with Gasteiger partial charge in [-0.2, -0.15) is 0 Å². The Labute approximate surface area is 197 Å². The normalized spacial score (nSPS) is 14.6. The first-order valence-electron chi connectivity index (χ1n) is 11.3. The van der Waals surface area contributed by atoms with Gasteiger partial charge in [0.15, 0.2) is 6.10 Å². The first-order chi connectivity index (χ1) is 15.9. The smallest absolute Gasteiger partial charge is 0.349 e. The minimum Gasteiger partial charge on any atom is -0.448 e. The van der Waals surface area contributed by atoms with E-state index in [-0.39, 0.29) is 11.2 Å². The van der Waals surface area contributed by atoms with Crippen LogP contribution in [0.15, 0.2) is 41.2 Å². The standard InChI is InChI=1S/C25H29N3O4S/c1-16-22(24(30)28(27(16)3)19-12-8-6-9-13-19)26-23(29)17(2)32-25(31)21-15-18-11-7-4-5-10-14-20(18)33-21/h6,8-9,12-13,15,17H,4-5,7,10-11,14H2,1-3H3,(H,26,29). The number of rotatable bonds is 5. The number of ether oxygens (including phenoxy) is 1. The van der Waals surface area contributed by atoms with Crippen LogP contribution in [-0.2, 0) is 29.4 Å². The fraction of sp³-hybridized carbons (Fsp3) is 0.400. The maximum Gasteiger partial charge on any atom is 0.349 e. The summed E-state index contributed by atoms with van der Waals surface area (Å²) in [5.41, 5.74) is 2.36. The predicted octanol–water partition coefficient (Wildman–Crippen LogP) is 4.39. The van der Waals surface area contributed by atoms with Gasteiger partial charge < -0.3 is 10.1 Å². The molecule has 2 heterocycles. The first-order valence-corrected chi connectivity index (χ1v) is 12.2. The Kier molecular flexibility index (Phi) is 6.83. The van der Waals surface area contributed by atoms with E-state index in [1.807, 2.05) is 36.4 Å². The second kappa shape index (κ2) is 9.79. The maximum atomic E-state index is 13.0. The third-order valence-electron chi connectivity index (χ3n) is 6.15. The summed E-state index contributed by atoms with van der Waals surface area (Å²) < 4.78 is 8.63. The van der Waals surface area contributed by atoms with Gasteiger partial charge in [0, 0.05) is 11.9 Å². The molecule has 0 bridgehead atoms. The number of anilines is 1. The average Bonchev–Trinajstić information content (AvgIpc) is 3.27. The van der Waals surface area contributed by atoms with E-state index in [2.05, 4.69) is 5.32 Å². The molecular formula is C25H29N3O4S. The van der Waals surface area contributed by atoms with Crippen molar-refractivity contribution in [1.82, 2.24) is 9.36 Å². The quantitative estimate of drug-likeness (QED) is 0.564. The monoisotopic (exact) mass is 467 g/mol. The van der Waals surface area contributed by atoms with Gasteiger partial charge in [-0.25, -0.2) is 9.48 Å². The Morgan fingerprint density at radius 1 is 1.09 bits per heavy atom. The van der Waals surface area contributed by atoms with Gasteiger partial charge in [0.25, 0.3) is 11.5 Å². The molecule has 0 fully saturated rings. The van der Waals surface area contributed by atoms with Gasteiger partial charge in [-0.1, -0.05) is 31.0 Å². The van der Waals surface area contributed by atoms with Crippen molar-refractivity contribution < 1.29 is 14.3 Å². The number of fused-ring (bicyclic) bond motifs is 1. The topological polar surface area (TPSA) is 82.3 Å². The number of esters is 1. The Bertz CT molecular complexity index is 1200. The number of carbonyl (C=O) groups excluding carboxylic acids is 2. The molecule has 1 aromatic carbocycles. The summed E-state index contributed by atoms with van der Waals surface area (Å²) in [4.78, 5) is 40.3. The molecule has 0 aliphatic heterocycles. The van der Waals surface area contributed by atoms with Gasteiger partial charge in [0.2, 0.25) is 0 Å². The lowest BCUT2D eigenvalue weighted by Crippen LogP contribution is -2.32. The molecule has 33 heavy (non-hydrogen) atoms. The SMILES string of the molecule is Cc1c(NC(=O)C(C)OC(=O)c2cc3c(s2)CCCCCC3)c(=O)n(-c2ccccc2)n1C. The fourth-order valence-corrected chi connectivity index (χ4v) is 5.29. The Morgan fingerprint density at radius 2 is 1.79 bits per heavy atom. The second-order valence-corrected chi connectivity index (χ2v) is 9.58. The molecule has 1 aliphatic carbocycles. The molecule has 1 atom stereocenters. The lowest BCUT2D eigenvalue weighted by molar-refractivity contribution is -0.123. The minimum absolute atomic E-state index is 0.174. The molecule has 174 valence electrons.